The number of carboxylic acids is 1. The molecule has 2 atom stereocenters. The lowest BCUT2D eigenvalue weighted by Gasteiger charge is -2.27. The molecule has 106 valence electrons. The number of hydrogen-bond acceptors (Lipinski definition) is 3. The minimum absolute atomic E-state index is 0.0674. The van der Waals surface area contributed by atoms with Gasteiger partial charge in [-0.05, 0) is 11.8 Å². The highest BCUT2D eigenvalue weighted by atomic mass is 19.4. The van der Waals surface area contributed by atoms with E-state index in [1.165, 1.54) is 5.32 Å². The zero-order valence-electron chi connectivity index (χ0n) is 10.2. The van der Waals surface area contributed by atoms with Gasteiger partial charge in [0, 0.05) is 0 Å². The van der Waals surface area contributed by atoms with Gasteiger partial charge >= 0.3 is 18.1 Å². The van der Waals surface area contributed by atoms with Crippen molar-refractivity contribution in [3.8, 4) is 0 Å². The Kier molecular flexibility index (Phi) is 5.15. The van der Waals surface area contributed by atoms with Crippen molar-refractivity contribution in [2.24, 2.45) is 5.41 Å². The van der Waals surface area contributed by atoms with Crippen LogP contribution in [0.2, 0.25) is 0 Å². The first-order chi connectivity index (χ1) is 7.84. The van der Waals surface area contributed by atoms with Gasteiger partial charge in [0.05, 0.1) is 6.10 Å². The maximum atomic E-state index is 12.0. The van der Waals surface area contributed by atoms with Gasteiger partial charge in [0.2, 0.25) is 0 Å². The fourth-order valence-electron chi connectivity index (χ4n) is 1.29. The van der Waals surface area contributed by atoms with Crippen molar-refractivity contribution in [2.75, 3.05) is 0 Å². The van der Waals surface area contributed by atoms with Crippen LogP contribution in [0.15, 0.2) is 0 Å². The van der Waals surface area contributed by atoms with E-state index in [0.717, 1.165) is 0 Å². The molecule has 0 rings (SSSR count). The first-order valence-electron chi connectivity index (χ1n) is 5.13. The van der Waals surface area contributed by atoms with Crippen LogP contribution in [0.3, 0.4) is 0 Å². The highest BCUT2D eigenvalue weighted by Crippen LogP contribution is 2.23. The fourth-order valence-corrected chi connectivity index (χ4v) is 1.29. The molecule has 0 saturated heterocycles. The molecule has 0 heterocycles. The molecule has 0 aliphatic heterocycles. The summed E-state index contributed by atoms with van der Waals surface area (Å²) >= 11 is 0. The van der Waals surface area contributed by atoms with Gasteiger partial charge in [-0.2, -0.15) is 13.2 Å². The average Bonchev–Trinajstić information content (AvgIpc) is 2.07. The molecule has 2 unspecified atom stereocenters. The van der Waals surface area contributed by atoms with Crippen LogP contribution in [0.5, 0.6) is 0 Å². The molecule has 0 aromatic rings. The summed E-state index contributed by atoms with van der Waals surface area (Å²) in [6.45, 7) is 5.04. The summed E-state index contributed by atoms with van der Waals surface area (Å²) in [7, 11) is 0. The molecule has 0 fully saturated rings. The minimum atomic E-state index is -5.19. The summed E-state index contributed by atoms with van der Waals surface area (Å²) in [5.41, 5.74) is -0.490. The number of nitrogens with one attached hydrogen (secondary N) is 1. The fraction of sp³-hybridized carbons (Fsp3) is 0.800. The molecular weight excluding hydrogens is 255 g/mol. The van der Waals surface area contributed by atoms with Crippen molar-refractivity contribution in [3.63, 3.8) is 0 Å². The lowest BCUT2D eigenvalue weighted by Crippen LogP contribution is -2.53. The van der Waals surface area contributed by atoms with Crippen LogP contribution >= 0.6 is 0 Å². The van der Waals surface area contributed by atoms with Crippen LogP contribution in [0.4, 0.5) is 13.2 Å². The molecule has 0 aromatic carbocycles. The number of hydrogen-bond donors (Lipinski definition) is 3. The first-order valence-corrected chi connectivity index (χ1v) is 5.13. The maximum absolute atomic E-state index is 12.0. The molecule has 0 aliphatic rings. The number of aliphatic hydroxyl groups excluding tert-OH is 1. The highest BCUT2D eigenvalue weighted by molar-refractivity contribution is 5.87. The van der Waals surface area contributed by atoms with Gasteiger partial charge in [0.15, 0.2) is 6.04 Å². The van der Waals surface area contributed by atoms with E-state index in [9.17, 15) is 27.9 Å². The molecule has 3 N–H and O–H groups in total. The van der Waals surface area contributed by atoms with E-state index < -0.39 is 35.6 Å². The van der Waals surface area contributed by atoms with Crippen LogP contribution in [0.25, 0.3) is 0 Å². The molecule has 0 spiro atoms. The van der Waals surface area contributed by atoms with Crippen LogP contribution < -0.4 is 5.32 Å². The van der Waals surface area contributed by atoms with Gasteiger partial charge in [0.25, 0.3) is 0 Å². The van der Waals surface area contributed by atoms with Gasteiger partial charge < -0.3 is 15.5 Å². The standard InChI is InChI=1S/C10H16F3NO4/c1-9(2,3)4-5(15)6(7(16)17)14-8(18)10(11,12)13/h5-6,15H,4H2,1-3H3,(H,14,18)(H,16,17). The SMILES string of the molecule is CC(C)(C)CC(O)C(NC(=O)C(F)(F)F)C(=O)O. The highest BCUT2D eigenvalue weighted by Gasteiger charge is 2.42. The number of alkyl halides is 3. The van der Waals surface area contributed by atoms with Crippen molar-refractivity contribution in [2.45, 2.75) is 45.5 Å². The van der Waals surface area contributed by atoms with Gasteiger partial charge in [-0.15, -0.1) is 0 Å². The Hall–Kier alpha value is -1.31. The summed E-state index contributed by atoms with van der Waals surface area (Å²) < 4.78 is 36.0. The second-order valence-electron chi connectivity index (χ2n) is 5.12. The normalized spacial score (nSPS) is 15.9. The van der Waals surface area contributed by atoms with Crippen molar-refractivity contribution in [1.29, 1.82) is 0 Å². The topological polar surface area (TPSA) is 86.6 Å². The van der Waals surface area contributed by atoms with E-state index in [0.29, 0.717) is 0 Å². The zero-order valence-corrected chi connectivity index (χ0v) is 10.2. The minimum Gasteiger partial charge on any atom is -0.480 e. The van der Waals surface area contributed by atoms with Crippen LogP contribution in [-0.4, -0.2) is 40.4 Å². The second-order valence-corrected chi connectivity index (χ2v) is 5.12. The molecule has 1 amide bonds. The zero-order chi connectivity index (χ0) is 14.7. The Bertz CT molecular complexity index is 322. The molecular formula is C10H16F3NO4. The molecule has 18 heavy (non-hydrogen) atoms. The van der Waals surface area contributed by atoms with Crippen molar-refractivity contribution in [3.05, 3.63) is 0 Å². The largest absolute Gasteiger partial charge is 0.480 e. The maximum Gasteiger partial charge on any atom is 0.471 e. The monoisotopic (exact) mass is 271 g/mol. The molecule has 0 aliphatic carbocycles. The number of rotatable bonds is 4. The van der Waals surface area contributed by atoms with Crippen molar-refractivity contribution >= 4 is 11.9 Å². The molecule has 5 nitrogen and oxygen atoms in total. The van der Waals surface area contributed by atoms with E-state index in [-0.39, 0.29) is 6.42 Å². The van der Waals surface area contributed by atoms with Crippen LogP contribution in [0, 0.1) is 5.41 Å². The Morgan fingerprint density at radius 1 is 1.22 bits per heavy atom. The van der Waals surface area contributed by atoms with Gasteiger partial charge in [-0.1, -0.05) is 20.8 Å². The first kappa shape index (κ1) is 16.7. The number of aliphatic carboxylic acids is 1. The van der Waals surface area contributed by atoms with E-state index >= 15 is 0 Å². The van der Waals surface area contributed by atoms with Crippen LogP contribution in [0.1, 0.15) is 27.2 Å². The number of carbonyl (C=O) groups excluding carboxylic acids is 1. The lowest BCUT2D eigenvalue weighted by molar-refractivity contribution is -0.176. The predicted octanol–water partition coefficient (Wildman–Crippen LogP) is 0.915. The van der Waals surface area contributed by atoms with E-state index in [2.05, 4.69) is 0 Å². The quantitative estimate of drug-likeness (QED) is 0.709. The number of carboxylic acid groups (broad SMARTS) is 1. The third kappa shape index (κ3) is 5.85. The van der Waals surface area contributed by atoms with E-state index in [4.69, 9.17) is 5.11 Å². The Balaban J connectivity index is 4.79. The Morgan fingerprint density at radius 3 is 1.94 bits per heavy atom. The number of aliphatic hydroxyl groups is 1. The predicted molar refractivity (Wildman–Crippen MR) is 55.7 cm³/mol. The average molecular weight is 271 g/mol. The molecule has 8 heteroatoms. The molecule has 0 bridgehead atoms. The van der Waals surface area contributed by atoms with Crippen molar-refractivity contribution in [1.82, 2.24) is 5.32 Å². The third-order valence-corrected chi connectivity index (χ3v) is 2.02. The third-order valence-electron chi connectivity index (χ3n) is 2.02. The Labute approximate surface area is 102 Å². The van der Waals surface area contributed by atoms with Crippen molar-refractivity contribution < 1.29 is 33.0 Å². The van der Waals surface area contributed by atoms with Gasteiger partial charge in [0.1, 0.15) is 0 Å². The summed E-state index contributed by atoms with van der Waals surface area (Å²) in [6, 6.07) is -1.99. The molecule has 0 aromatic heterocycles. The summed E-state index contributed by atoms with van der Waals surface area (Å²) in [6.07, 6.45) is -6.86. The second kappa shape index (κ2) is 5.55. The van der Waals surface area contributed by atoms with Gasteiger partial charge in [-0.25, -0.2) is 4.79 Å². The molecule has 0 saturated carbocycles. The number of halogens is 3. The summed E-state index contributed by atoms with van der Waals surface area (Å²) in [5.74, 6) is -4.10. The van der Waals surface area contributed by atoms with Crippen LogP contribution in [-0.2, 0) is 9.59 Å². The number of amides is 1. The Morgan fingerprint density at radius 2 is 1.67 bits per heavy atom. The summed E-state index contributed by atoms with van der Waals surface area (Å²) in [4.78, 5) is 21.4. The van der Waals surface area contributed by atoms with Gasteiger partial charge in [-0.3, -0.25) is 4.79 Å². The van der Waals surface area contributed by atoms with E-state index in [1.54, 1.807) is 20.8 Å². The van der Waals surface area contributed by atoms with E-state index in [1.807, 2.05) is 0 Å². The smallest absolute Gasteiger partial charge is 0.471 e. The lowest BCUT2D eigenvalue weighted by atomic mass is 9.87. The summed E-state index contributed by atoms with van der Waals surface area (Å²) in [5, 5.41) is 19.5. The molecule has 0 radical (unpaired) electrons. The number of carbonyl (C=O) groups is 2.